The van der Waals surface area contributed by atoms with Crippen LogP contribution in [0.3, 0.4) is 0 Å². The minimum Gasteiger partial charge on any atom is -0.496 e. The molecule has 2 aromatic rings. The first kappa shape index (κ1) is 24.6. The van der Waals surface area contributed by atoms with Gasteiger partial charge in [-0.2, -0.15) is 0 Å². The maximum atomic E-state index is 12.4. The van der Waals surface area contributed by atoms with E-state index in [0.29, 0.717) is 18.3 Å². The van der Waals surface area contributed by atoms with Crippen molar-refractivity contribution in [2.45, 2.75) is 70.7 Å². The predicted octanol–water partition coefficient (Wildman–Crippen LogP) is 6.18. The number of nitrogens with one attached hydrogen (secondary N) is 1. The molecule has 6 nitrogen and oxygen atoms in total. The van der Waals surface area contributed by atoms with Crippen LogP contribution in [0.15, 0.2) is 42.5 Å². The summed E-state index contributed by atoms with van der Waals surface area (Å²) in [6.45, 7) is 13.5. The smallest absolute Gasteiger partial charge is 0.410 e. The summed E-state index contributed by atoms with van der Waals surface area (Å²) in [5.74, 6) is 0.863. The number of carbonyl (C=O) groups excluding carboxylic acids is 1. The highest BCUT2D eigenvalue weighted by Gasteiger charge is 2.29. The van der Waals surface area contributed by atoms with E-state index in [1.807, 2.05) is 64.2 Å². The summed E-state index contributed by atoms with van der Waals surface area (Å²) in [4.78, 5) is 17.6. The van der Waals surface area contributed by atoms with Gasteiger partial charge in [-0.15, -0.1) is 0 Å². The lowest BCUT2D eigenvalue weighted by molar-refractivity contribution is 0.0179. The van der Waals surface area contributed by atoms with E-state index in [1.165, 1.54) is 0 Å². The van der Waals surface area contributed by atoms with Gasteiger partial charge in [0.2, 0.25) is 0 Å². The van der Waals surface area contributed by atoms with Crippen LogP contribution in [0.1, 0.15) is 52.0 Å². The van der Waals surface area contributed by atoms with Gasteiger partial charge in [0.1, 0.15) is 11.4 Å². The van der Waals surface area contributed by atoms with Crippen LogP contribution in [0.5, 0.6) is 5.75 Å². The fraction of sp³-hybridized carbons (Fsp3) is 0.481. The van der Waals surface area contributed by atoms with Gasteiger partial charge in [-0.05, 0) is 69.7 Å². The summed E-state index contributed by atoms with van der Waals surface area (Å²) in [6.07, 6.45) is 3.69. The average Bonchev–Trinajstić information content (AvgIpc) is 2.81. The van der Waals surface area contributed by atoms with Crippen LogP contribution in [0, 0.1) is 6.57 Å². The molecule has 0 aromatic heterocycles. The Kier molecular flexibility index (Phi) is 7.99. The van der Waals surface area contributed by atoms with Gasteiger partial charge in [0.05, 0.1) is 13.7 Å². The largest absolute Gasteiger partial charge is 0.496 e. The molecule has 0 saturated heterocycles. The van der Waals surface area contributed by atoms with Gasteiger partial charge < -0.3 is 19.7 Å². The molecule has 0 heterocycles. The Labute approximate surface area is 197 Å². The SMILES string of the molecule is [C-]#[N+]c1ccc(-c2ccc(OC)c(CNC3CCC(N(C)C(=O)OC(C)(C)C)CC3)c2)cc1. The molecule has 1 N–H and O–H groups in total. The number of rotatable bonds is 6. The van der Waals surface area contributed by atoms with E-state index in [2.05, 4.69) is 16.2 Å². The van der Waals surface area contributed by atoms with Crippen molar-refractivity contribution < 1.29 is 14.3 Å². The minimum atomic E-state index is -0.476. The first-order valence-electron chi connectivity index (χ1n) is 11.5. The lowest BCUT2D eigenvalue weighted by Crippen LogP contribution is -2.44. The quantitative estimate of drug-likeness (QED) is 0.535. The highest BCUT2D eigenvalue weighted by atomic mass is 16.6. The molecular weight excluding hydrogens is 414 g/mol. The van der Waals surface area contributed by atoms with Crippen molar-refractivity contribution in [1.29, 1.82) is 0 Å². The Hall–Kier alpha value is -3.04. The van der Waals surface area contributed by atoms with E-state index in [0.717, 1.165) is 48.1 Å². The molecule has 3 rings (SSSR count). The molecule has 0 bridgehead atoms. The molecule has 0 spiro atoms. The molecule has 1 saturated carbocycles. The van der Waals surface area contributed by atoms with Gasteiger partial charge >= 0.3 is 6.09 Å². The molecule has 6 heteroatoms. The van der Waals surface area contributed by atoms with Crippen molar-refractivity contribution in [3.63, 3.8) is 0 Å². The molecule has 1 aliphatic carbocycles. The first-order valence-corrected chi connectivity index (χ1v) is 11.5. The normalized spacial score (nSPS) is 18.3. The van der Waals surface area contributed by atoms with Gasteiger partial charge in [0.25, 0.3) is 0 Å². The fourth-order valence-corrected chi connectivity index (χ4v) is 4.23. The molecule has 0 atom stereocenters. The second-order valence-electron chi connectivity index (χ2n) is 9.66. The molecule has 2 aromatic carbocycles. The van der Waals surface area contributed by atoms with Crippen LogP contribution < -0.4 is 10.1 Å². The number of benzene rings is 2. The number of nitrogens with zero attached hydrogens (tertiary/aromatic N) is 2. The van der Waals surface area contributed by atoms with Crippen LogP contribution in [0.2, 0.25) is 0 Å². The first-order chi connectivity index (χ1) is 15.7. The number of hydrogen-bond acceptors (Lipinski definition) is 4. The summed E-state index contributed by atoms with van der Waals surface area (Å²) in [5.41, 5.74) is 3.46. The van der Waals surface area contributed by atoms with Crippen molar-refractivity contribution in [1.82, 2.24) is 10.2 Å². The van der Waals surface area contributed by atoms with E-state index in [9.17, 15) is 4.79 Å². The third kappa shape index (κ3) is 6.72. The van der Waals surface area contributed by atoms with Crippen molar-refractivity contribution >= 4 is 11.8 Å². The minimum absolute atomic E-state index is 0.217. The Balaban J connectivity index is 1.58. The average molecular weight is 450 g/mol. The second-order valence-corrected chi connectivity index (χ2v) is 9.66. The Morgan fingerprint density at radius 1 is 1.09 bits per heavy atom. The number of methoxy groups -OCH3 is 1. The Morgan fingerprint density at radius 2 is 1.73 bits per heavy atom. The van der Waals surface area contributed by atoms with Gasteiger partial charge in [0.15, 0.2) is 5.69 Å². The molecule has 0 aliphatic heterocycles. The van der Waals surface area contributed by atoms with Gasteiger partial charge in [0, 0.05) is 31.2 Å². The van der Waals surface area contributed by atoms with Crippen LogP contribution >= 0.6 is 0 Å². The van der Waals surface area contributed by atoms with E-state index < -0.39 is 5.60 Å². The molecule has 0 unspecified atom stereocenters. The zero-order chi connectivity index (χ0) is 24.0. The zero-order valence-corrected chi connectivity index (χ0v) is 20.4. The van der Waals surface area contributed by atoms with Crippen molar-refractivity contribution in [2.75, 3.05) is 14.2 Å². The van der Waals surface area contributed by atoms with E-state index in [-0.39, 0.29) is 12.1 Å². The van der Waals surface area contributed by atoms with Gasteiger partial charge in [-0.25, -0.2) is 9.64 Å². The molecule has 0 radical (unpaired) electrons. The summed E-state index contributed by atoms with van der Waals surface area (Å²) >= 11 is 0. The number of amides is 1. The molecule has 33 heavy (non-hydrogen) atoms. The summed E-state index contributed by atoms with van der Waals surface area (Å²) in [6, 6.07) is 14.5. The third-order valence-corrected chi connectivity index (χ3v) is 6.12. The predicted molar refractivity (Wildman–Crippen MR) is 132 cm³/mol. The van der Waals surface area contributed by atoms with Crippen LogP contribution in [-0.2, 0) is 11.3 Å². The van der Waals surface area contributed by atoms with Crippen molar-refractivity contribution in [3.8, 4) is 16.9 Å². The van der Waals surface area contributed by atoms with Crippen molar-refractivity contribution in [2.24, 2.45) is 0 Å². The summed E-state index contributed by atoms with van der Waals surface area (Å²) in [5, 5.41) is 3.68. The maximum absolute atomic E-state index is 12.4. The third-order valence-electron chi connectivity index (χ3n) is 6.12. The molecule has 1 aliphatic rings. The monoisotopic (exact) mass is 449 g/mol. The van der Waals surface area contributed by atoms with Crippen LogP contribution in [0.25, 0.3) is 16.0 Å². The fourth-order valence-electron chi connectivity index (χ4n) is 4.23. The van der Waals surface area contributed by atoms with E-state index >= 15 is 0 Å². The summed E-state index contributed by atoms with van der Waals surface area (Å²) < 4.78 is 11.1. The highest BCUT2D eigenvalue weighted by Crippen LogP contribution is 2.29. The summed E-state index contributed by atoms with van der Waals surface area (Å²) in [7, 11) is 3.54. The van der Waals surface area contributed by atoms with E-state index in [1.54, 1.807) is 12.0 Å². The lowest BCUT2D eigenvalue weighted by Gasteiger charge is -2.36. The van der Waals surface area contributed by atoms with Crippen LogP contribution in [-0.4, -0.2) is 42.8 Å². The topological polar surface area (TPSA) is 55.2 Å². The lowest BCUT2D eigenvalue weighted by atomic mass is 9.90. The van der Waals surface area contributed by atoms with Gasteiger partial charge in [-0.3, -0.25) is 0 Å². The molecule has 1 amide bonds. The van der Waals surface area contributed by atoms with E-state index in [4.69, 9.17) is 16.0 Å². The van der Waals surface area contributed by atoms with Crippen molar-refractivity contribution in [3.05, 3.63) is 59.4 Å². The zero-order valence-electron chi connectivity index (χ0n) is 20.4. The standard InChI is InChI=1S/C27H35N3O3/c1-27(2,3)33-26(31)30(5)24-14-12-23(13-15-24)29-18-21-17-20(9-16-25(21)32-6)19-7-10-22(28-4)11-8-19/h7-11,16-17,23-24,29H,12-15,18H2,1-3,5-6H3. The van der Waals surface area contributed by atoms with Crippen LogP contribution in [0.4, 0.5) is 10.5 Å². The Bertz CT molecular complexity index is 981. The second kappa shape index (κ2) is 10.7. The molecule has 176 valence electrons. The Morgan fingerprint density at radius 3 is 2.30 bits per heavy atom. The molecular formula is C27H35N3O3. The number of hydrogen-bond donors (Lipinski definition) is 1. The van der Waals surface area contributed by atoms with Gasteiger partial charge in [-0.1, -0.05) is 30.3 Å². The molecule has 1 fully saturated rings. The maximum Gasteiger partial charge on any atom is 0.410 e. The number of carbonyl (C=O) groups is 1. The highest BCUT2D eigenvalue weighted by molar-refractivity contribution is 5.68. The number of ether oxygens (including phenoxy) is 2.